The third-order valence-corrected chi connectivity index (χ3v) is 4.72. The Morgan fingerprint density at radius 1 is 1.12 bits per heavy atom. The van der Waals surface area contributed by atoms with Crippen molar-refractivity contribution in [1.82, 2.24) is 24.8 Å². The van der Waals surface area contributed by atoms with E-state index >= 15 is 0 Å². The summed E-state index contributed by atoms with van der Waals surface area (Å²) in [6.07, 6.45) is 3.75. The van der Waals surface area contributed by atoms with Gasteiger partial charge in [0.15, 0.2) is 0 Å². The predicted molar refractivity (Wildman–Crippen MR) is 96.5 cm³/mol. The first-order valence-electron chi connectivity index (χ1n) is 8.29. The fraction of sp³-hybridized carbons (Fsp3) is 0.333. The van der Waals surface area contributed by atoms with E-state index < -0.39 is 0 Å². The van der Waals surface area contributed by atoms with Gasteiger partial charge in [-0.25, -0.2) is 4.98 Å². The lowest BCUT2D eigenvalue weighted by Gasteiger charge is -2.32. The van der Waals surface area contributed by atoms with Crippen molar-refractivity contribution in [1.29, 1.82) is 0 Å². The number of hydrogen-bond donors (Lipinski definition) is 2. The Hall–Kier alpha value is -2.44. The first kappa shape index (κ1) is 15.1. The van der Waals surface area contributed by atoms with Crippen molar-refractivity contribution in [3.05, 3.63) is 42.2 Å². The molecule has 0 unspecified atom stereocenters. The second kappa shape index (κ2) is 6.22. The van der Waals surface area contributed by atoms with E-state index in [9.17, 15) is 0 Å². The van der Waals surface area contributed by atoms with E-state index in [-0.39, 0.29) is 0 Å². The van der Waals surface area contributed by atoms with Gasteiger partial charge < -0.3 is 15.6 Å². The molecule has 124 valence electrons. The lowest BCUT2D eigenvalue weighted by molar-refractivity contribution is 0.148. The third kappa shape index (κ3) is 2.98. The molecule has 2 aromatic heterocycles. The predicted octanol–water partition coefficient (Wildman–Crippen LogP) is 1.95. The van der Waals surface area contributed by atoms with Crippen LogP contribution < -0.4 is 5.73 Å². The number of nitrogens with one attached hydrogen (secondary N) is 1. The van der Waals surface area contributed by atoms with Crippen LogP contribution in [-0.2, 0) is 6.54 Å². The van der Waals surface area contributed by atoms with Crippen LogP contribution in [0.5, 0.6) is 0 Å². The molecule has 3 heterocycles. The Kier molecular flexibility index (Phi) is 3.92. The number of nitrogens with two attached hydrogens (primary N) is 1. The minimum absolute atomic E-state index is 0.290. The highest BCUT2D eigenvalue weighted by molar-refractivity contribution is 5.93. The van der Waals surface area contributed by atoms with Gasteiger partial charge in [-0.3, -0.25) is 4.90 Å². The fourth-order valence-corrected chi connectivity index (χ4v) is 3.21. The van der Waals surface area contributed by atoms with E-state index in [4.69, 9.17) is 5.73 Å². The number of piperazine rings is 1. The Bertz CT molecular complexity index is 830. The van der Waals surface area contributed by atoms with Crippen LogP contribution in [0.4, 0.5) is 5.95 Å². The molecule has 0 atom stereocenters. The van der Waals surface area contributed by atoms with Gasteiger partial charge in [0, 0.05) is 56.1 Å². The summed E-state index contributed by atoms with van der Waals surface area (Å²) < 4.78 is 0. The zero-order chi connectivity index (χ0) is 16.5. The molecule has 24 heavy (non-hydrogen) atoms. The van der Waals surface area contributed by atoms with E-state index in [2.05, 4.69) is 56.1 Å². The normalized spacial score (nSPS) is 16.7. The monoisotopic (exact) mass is 322 g/mol. The summed E-state index contributed by atoms with van der Waals surface area (Å²) in [6.45, 7) is 5.59. The molecule has 0 radical (unpaired) electrons. The molecule has 1 aliphatic rings. The Morgan fingerprint density at radius 3 is 2.62 bits per heavy atom. The number of nitrogen functional groups attached to an aromatic ring is 1. The highest BCUT2D eigenvalue weighted by atomic mass is 15.2. The fourth-order valence-electron chi connectivity index (χ4n) is 3.21. The van der Waals surface area contributed by atoms with Crippen molar-refractivity contribution in [2.45, 2.75) is 6.54 Å². The van der Waals surface area contributed by atoms with Crippen molar-refractivity contribution >= 4 is 17.0 Å². The van der Waals surface area contributed by atoms with Crippen LogP contribution in [0.15, 0.2) is 36.7 Å². The van der Waals surface area contributed by atoms with Crippen molar-refractivity contribution in [2.75, 3.05) is 39.0 Å². The zero-order valence-electron chi connectivity index (χ0n) is 13.9. The average Bonchev–Trinajstić information content (AvgIpc) is 3.00. The largest absolute Gasteiger partial charge is 0.368 e. The van der Waals surface area contributed by atoms with Crippen LogP contribution in [0.3, 0.4) is 0 Å². The SMILES string of the molecule is CN1CCN(Cc2ccc(-c3c[nH]c4nc(N)ncc34)cc2)CC1. The van der Waals surface area contributed by atoms with E-state index in [1.54, 1.807) is 6.20 Å². The first-order valence-corrected chi connectivity index (χ1v) is 8.29. The number of likely N-dealkylation sites (N-methyl/N-ethyl adjacent to an activating group) is 1. The van der Waals surface area contributed by atoms with Gasteiger partial charge in [0.05, 0.1) is 0 Å². The molecule has 0 amide bonds. The van der Waals surface area contributed by atoms with Crippen LogP contribution in [-0.4, -0.2) is 58.0 Å². The maximum atomic E-state index is 5.64. The quantitative estimate of drug-likeness (QED) is 0.771. The van der Waals surface area contributed by atoms with Crippen LogP contribution in [0.1, 0.15) is 5.56 Å². The van der Waals surface area contributed by atoms with Gasteiger partial charge in [0.1, 0.15) is 5.65 Å². The minimum atomic E-state index is 0.290. The summed E-state index contributed by atoms with van der Waals surface area (Å²) in [5, 5.41) is 0.996. The average molecular weight is 322 g/mol. The van der Waals surface area contributed by atoms with Crippen LogP contribution >= 0.6 is 0 Å². The Balaban J connectivity index is 1.52. The molecule has 0 bridgehead atoms. The minimum Gasteiger partial charge on any atom is -0.368 e. The molecule has 4 rings (SSSR count). The number of fused-ring (bicyclic) bond motifs is 1. The topological polar surface area (TPSA) is 74.1 Å². The molecule has 1 aromatic carbocycles. The molecule has 1 fully saturated rings. The van der Waals surface area contributed by atoms with Gasteiger partial charge in [-0.05, 0) is 18.2 Å². The molecular weight excluding hydrogens is 300 g/mol. The summed E-state index contributed by atoms with van der Waals surface area (Å²) in [5.74, 6) is 0.290. The third-order valence-electron chi connectivity index (χ3n) is 4.72. The molecule has 3 aromatic rings. The zero-order valence-corrected chi connectivity index (χ0v) is 13.9. The molecule has 3 N–H and O–H groups in total. The number of nitrogens with zero attached hydrogens (tertiary/aromatic N) is 4. The number of benzene rings is 1. The summed E-state index contributed by atoms with van der Waals surface area (Å²) in [7, 11) is 2.19. The number of anilines is 1. The van der Waals surface area contributed by atoms with Gasteiger partial charge >= 0.3 is 0 Å². The van der Waals surface area contributed by atoms with Crippen LogP contribution in [0.25, 0.3) is 22.2 Å². The van der Waals surface area contributed by atoms with Gasteiger partial charge in [-0.15, -0.1) is 0 Å². The van der Waals surface area contributed by atoms with Gasteiger partial charge in [-0.1, -0.05) is 24.3 Å². The lowest BCUT2D eigenvalue weighted by atomic mass is 10.0. The Morgan fingerprint density at radius 2 is 1.88 bits per heavy atom. The van der Waals surface area contributed by atoms with E-state index in [0.29, 0.717) is 5.95 Å². The van der Waals surface area contributed by atoms with Gasteiger partial charge in [-0.2, -0.15) is 4.98 Å². The van der Waals surface area contributed by atoms with Crippen LogP contribution in [0, 0.1) is 0 Å². The standard InChI is InChI=1S/C18H22N6/c1-23-6-8-24(9-7-23)12-13-2-4-14(5-3-13)15-10-20-17-16(15)11-21-18(19)22-17/h2-5,10-11H,6-9,12H2,1H3,(H3,19,20,21,22). The maximum absolute atomic E-state index is 5.64. The van der Waals surface area contributed by atoms with Gasteiger partial charge in [0.25, 0.3) is 0 Å². The van der Waals surface area contributed by atoms with Crippen molar-refractivity contribution in [3.63, 3.8) is 0 Å². The molecule has 6 heteroatoms. The smallest absolute Gasteiger partial charge is 0.221 e. The van der Waals surface area contributed by atoms with Crippen molar-refractivity contribution < 1.29 is 0 Å². The lowest BCUT2D eigenvalue weighted by Crippen LogP contribution is -2.43. The highest BCUT2D eigenvalue weighted by Gasteiger charge is 2.14. The second-order valence-corrected chi connectivity index (χ2v) is 6.47. The number of rotatable bonds is 3. The number of H-pyrrole nitrogens is 1. The Labute approximate surface area is 141 Å². The molecule has 0 aliphatic carbocycles. The second-order valence-electron chi connectivity index (χ2n) is 6.47. The first-order chi connectivity index (χ1) is 11.7. The summed E-state index contributed by atoms with van der Waals surface area (Å²) in [4.78, 5) is 16.4. The maximum Gasteiger partial charge on any atom is 0.221 e. The highest BCUT2D eigenvalue weighted by Crippen LogP contribution is 2.27. The number of aromatic amines is 1. The molecule has 1 saturated heterocycles. The van der Waals surface area contributed by atoms with E-state index in [1.165, 1.54) is 5.56 Å². The van der Waals surface area contributed by atoms with Crippen molar-refractivity contribution in [3.8, 4) is 11.1 Å². The molecule has 0 spiro atoms. The number of aromatic nitrogens is 3. The molecule has 1 aliphatic heterocycles. The van der Waals surface area contributed by atoms with E-state index in [1.807, 2.05) is 6.20 Å². The van der Waals surface area contributed by atoms with Crippen molar-refractivity contribution in [2.24, 2.45) is 0 Å². The van der Waals surface area contributed by atoms with Gasteiger partial charge in [0.2, 0.25) is 5.95 Å². The molecule has 6 nitrogen and oxygen atoms in total. The summed E-state index contributed by atoms with van der Waals surface area (Å²) >= 11 is 0. The molecular formula is C18H22N6. The molecule has 0 saturated carbocycles. The van der Waals surface area contributed by atoms with Crippen LogP contribution in [0.2, 0.25) is 0 Å². The van der Waals surface area contributed by atoms with E-state index in [0.717, 1.165) is 54.9 Å². The number of hydrogen-bond acceptors (Lipinski definition) is 5. The summed E-state index contributed by atoms with van der Waals surface area (Å²) in [5.41, 5.74) is 10.0. The summed E-state index contributed by atoms with van der Waals surface area (Å²) in [6, 6.07) is 8.77.